The van der Waals surface area contributed by atoms with Crippen LogP contribution in [0.5, 0.6) is 0 Å². The highest BCUT2D eigenvalue weighted by Gasteiger charge is 2.39. The van der Waals surface area contributed by atoms with Gasteiger partial charge in [0.15, 0.2) is 6.23 Å². The molecule has 0 spiro atoms. The second kappa shape index (κ2) is 2.09. The van der Waals surface area contributed by atoms with Crippen LogP contribution < -0.4 is 0 Å². The van der Waals surface area contributed by atoms with Crippen LogP contribution in [0.4, 0.5) is 9.59 Å². The van der Waals surface area contributed by atoms with Crippen LogP contribution in [0.3, 0.4) is 0 Å². The first kappa shape index (κ1) is 6.41. The van der Waals surface area contributed by atoms with Gasteiger partial charge < -0.3 is 14.3 Å². The third kappa shape index (κ3) is 1.01. The summed E-state index contributed by atoms with van der Waals surface area (Å²) in [7, 11) is 0. The summed E-state index contributed by atoms with van der Waals surface area (Å²) in [6.07, 6.45) is -1.81. The smallest absolute Gasteiger partial charge is 0.411 e. The maximum atomic E-state index is 10.5. The Bertz CT molecular complexity index is 193. The summed E-state index contributed by atoms with van der Waals surface area (Å²) in [5, 5.41) is 1.26. The summed E-state index contributed by atoms with van der Waals surface area (Å²) in [5.74, 6) is 0. The highest BCUT2D eigenvalue weighted by Crippen LogP contribution is 2.22. The molecular weight excluding hydrogens is 154 g/mol. The van der Waals surface area contributed by atoms with Gasteiger partial charge in [0.25, 0.3) is 0 Å². The van der Waals surface area contributed by atoms with Crippen molar-refractivity contribution in [2.24, 2.45) is 0 Å². The summed E-state index contributed by atoms with van der Waals surface area (Å²) in [6.45, 7) is 0.576. The Hall–Kier alpha value is -1.30. The molecule has 0 N–H and O–H groups in total. The summed E-state index contributed by atoms with van der Waals surface area (Å²) in [5.41, 5.74) is 0. The van der Waals surface area contributed by atoms with Crippen LogP contribution in [0.1, 0.15) is 6.42 Å². The van der Waals surface area contributed by atoms with Crippen molar-refractivity contribution in [1.29, 1.82) is 0 Å². The fourth-order valence-corrected chi connectivity index (χ4v) is 0.880. The number of hydrogen-bond donors (Lipinski definition) is 0. The third-order valence-electron chi connectivity index (χ3n) is 1.51. The molecule has 0 aliphatic carbocycles. The zero-order valence-corrected chi connectivity index (χ0v) is 5.48. The van der Waals surface area contributed by atoms with Gasteiger partial charge in [-0.3, -0.25) is 0 Å². The van der Waals surface area contributed by atoms with Gasteiger partial charge in [-0.25, -0.2) is 9.59 Å². The molecule has 1 atom stereocenters. The number of ether oxygens (including phenoxy) is 2. The zero-order chi connectivity index (χ0) is 7.84. The van der Waals surface area contributed by atoms with Crippen LogP contribution in [0, 0.1) is 0 Å². The standard InChI is InChI=1S/C5H5NO5/c7-4-9-3-1-2-6(3)11-5(8)10-4/h3H,1-2H2/t3-/m1/s1. The Labute approximate surface area is 61.6 Å². The van der Waals surface area contributed by atoms with Gasteiger partial charge in [0.1, 0.15) is 0 Å². The maximum absolute atomic E-state index is 10.5. The molecule has 60 valence electrons. The number of hydroxylamine groups is 2. The molecule has 2 aliphatic heterocycles. The summed E-state index contributed by atoms with van der Waals surface area (Å²) in [4.78, 5) is 25.5. The predicted octanol–water partition coefficient (Wildman–Crippen LogP) is 0.237. The van der Waals surface area contributed by atoms with Crippen molar-refractivity contribution in [2.45, 2.75) is 12.6 Å². The lowest BCUT2D eigenvalue weighted by molar-refractivity contribution is -0.240. The lowest BCUT2D eigenvalue weighted by Crippen LogP contribution is -2.48. The van der Waals surface area contributed by atoms with Crippen LogP contribution in [0.2, 0.25) is 0 Å². The van der Waals surface area contributed by atoms with Crippen molar-refractivity contribution >= 4 is 12.3 Å². The SMILES string of the molecule is O=C1OC(=O)ON2CC[C@H]2O1. The highest BCUT2D eigenvalue weighted by atomic mass is 16.9. The Morgan fingerprint density at radius 3 is 2.82 bits per heavy atom. The minimum atomic E-state index is -1.03. The number of carbonyl (C=O) groups is 2. The van der Waals surface area contributed by atoms with Crippen molar-refractivity contribution in [3.8, 4) is 0 Å². The molecule has 0 saturated carbocycles. The summed E-state index contributed by atoms with van der Waals surface area (Å²) in [6, 6.07) is 0. The molecule has 6 heteroatoms. The van der Waals surface area contributed by atoms with E-state index in [1.807, 2.05) is 0 Å². The van der Waals surface area contributed by atoms with E-state index in [9.17, 15) is 9.59 Å². The lowest BCUT2D eigenvalue weighted by atomic mass is 10.2. The van der Waals surface area contributed by atoms with Gasteiger partial charge in [-0.05, 0) is 0 Å². The number of nitrogens with zero attached hydrogens (tertiary/aromatic N) is 1. The molecule has 2 heterocycles. The van der Waals surface area contributed by atoms with E-state index in [1.54, 1.807) is 0 Å². The molecule has 0 aromatic rings. The van der Waals surface area contributed by atoms with E-state index in [0.717, 1.165) is 0 Å². The molecule has 2 saturated heterocycles. The molecule has 11 heavy (non-hydrogen) atoms. The minimum Gasteiger partial charge on any atom is -0.411 e. The minimum absolute atomic E-state index is 0.450. The first-order valence-corrected chi connectivity index (χ1v) is 3.13. The van der Waals surface area contributed by atoms with E-state index in [0.29, 0.717) is 13.0 Å². The Morgan fingerprint density at radius 1 is 1.36 bits per heavy atom. The van der Waals surface area contributed by atoms with Gasteiger partial charge in [-0.1, -0.05) is 5.06 Å². The second-order valence-electron chi connectivity index (χ2n) is 2.20. The Balaban J connectivity index is 2.09. The lowest BCUT2D eigenvalue weighted by Gasteiger charge is -2.33. The average Bonchev–Trinajstić information content (AvgIpc) is 1.99. The van der Waals surface area contributed by atoms with Crippen LogP contribution in [0.15, 0.2) is 0 Å². The monoisotopic (exact) mass is 159 g/mol. The number of carbonyl (C=O) groups excluding carboxylic acids is 2. The number of cyclic esters (lactones) is 2. The van der Waals surface area contributed by atoms with Crippen molar-refractivity contribution < 1.29 is 23.9 Å². The van der Waals surface area contributed by atoms with Gasteiger partial charge in [0, 0.05) is 13.0 Å². The van der Waals surface area contributed by atoms with E-state index in [4.69, 9.17) is 0 Å². The number of fused-ring (bicyclic) bond motifs is 1. The largest absolute Gasteiger partial charge is 0.538 e. The Morgan fingerprint density at radius 2 is 2.18 bits per heavy atom. The molecule has 2 rings (SSSR count). The van der Waals surface area contributed by atoms with Crippen molar-refractivity contribution in [2.75, 3.05) is 6.54 Å². The predicted molar refractivity (Wildman–Crippen MR) is 29.2 cm³/mol. The van der Waals surface area contributed by atoms with E-state index in [1.165, 1.54) is 5.06 Å². The molecular formula is C5H5NO5. The average molecular weight is 159 g/mol. The fraction of sp³-hybridized carbons (Fsp3) is 0.600. The van der Waals surface area contributed by atoms with Gasteiger partial charge in [-0.2, -0.15) is 0 Å². The van der Waals surface area contributed by atoms with Crippen molar-refractivity contribution in [3.63, 3.8) is 0 Å². The van der Waals surface area contributed by atoms with Crippen LogP contribution in [0.25, 0.3) is 0 Å². The highest BCUT2D eigenvalue weighted by molar-refractivity contribution is 5.77. The topological polar surface area (TPSA) is 65.1 Å². The summed E-state index contributed by atoms with van der Waals surface area (Å²) < 4.78 is 8.63. The quantitative estimate of drug-likeness (QED) is 0.372. The molecule has 0 bridgehead atoms. The van der Waals surface area contributed by atoms with Crippen LogP contribution in [-0.4, -0.2) is 30.1 Å². The van der Waals surface area contributed by atoms with E-state index >= 15 is 0 Å². The van der Waals surface area contributed by atoms with E-state index in [-0.39, 0.29) is 0 Å². The van der Waals surface area contributed by atoms with Gasteiger partial charge in [0.2, 0.25) is 0 Å². The van der Waals surface area contributed by atoms with E-state index in [2.05, 4.69) is 14.3 Å². The molecule has 0 aromatic carbocycles. The molecule has 0 unspecified atom stereocenters. The fourth-order valence-electron chi connectivity index (χ4n) is 0.880. The number of hydrogen-bond acceptors (Lipinski definition) is 6. The van der Waals surface area contributed by atoms with Crippen LogP contribution in [-0.2, 0) is 14.3 Å². The first-order valence-electron chi connectivity index (χ1n) is 3.13. The summed E-state index contributed by atoms with van der Waals surface area (Å²) >= 11 is 0. The normalized spacial score (nSPS) is 30.4. The van der Waals surface area contributed by atoms with Crippen molar-refractivity contribution in [3.05, 3.63) is 0 Å². The van der Waals surface area contributed by atoms with E-state index < -0.39 is 18.5 Å². The van der Waals surface area contributed by atoms with Gasteiger partial charge in [0.05, 0.1) is 0 Å². The third-order valence-corrected chi connectivity index (χ3v) is 1.51. The van der Waals surface area contributed by atoms with Crippen molar-refractivity contribution in [1.82, 2.24) is 5.06 Å². The molecule has 2 fully saturated rings. The van der Waals surface area contributed by atoms with Gasteiger partial charge >= 0.3 is 12.3 Å². The molecule has 2 aliphatic rings. The van der Waals surface area contributed by atoms with Crippen LogP contribution >= 0.6 is 0 Å². The zero-order valence-electron chi connectivity index (χ0n) is 5.48. The second-order valence-corrected chi connectivity index (χ2v) is 2.20. The molecule has 0 radical (unpaired) electrons. The number of rotatable bonds is 0. The molecule has 0 aromatic heterocycles. The molecule has 6 nitrogen and oxygen atoms in total. The molecule has 0 amide bonds. The van der Waals surface area contributed by atoms with Gasteiger partial charge in [-0.15, -0.1) is 0 Å². The Kier molecular flexibility index (Phi) is 1.22. The first-order chi connectivity index (χ1) is 5.25. The maximum Gasteiger partial charge on any atom is 0.538 e.